The highest BCUT2D eigenvalue weighted by molar-refractivity contribution is 7.90. The molecule has 0 spiro atoms. The molecule has 1 N–H and O–H groups in total. The van der Waals surface area contributed by atoms with E-state index in [1.165, 1.54) is 24.3 Å². The molecule has 1 atom stereocenters. The molecule has 2 rings (SSSR count). The number of carboxylic acids is 1. The Balaban J connectivity index is 2.14. The number of aromatic nitrogens is 1. The van der Waals surface area contributed by atoms with Gasteiger partial charge in [0.25, 0.3) is 0 Å². The molecule has 9 heteroatoms. The Bertz CT molecular complexity index is 793. The van der Waals surface area contributed by atoms with Gasteiger partial charge in [0.05, 0.1) is 27.1 Å². The summed E-state index contributed by atoms with van der Waals surface area (Å²) in [6.45, 7) is 0. The van der Waals surface area contributed by atoms with Crippen LogP contribution in [0.5, 0.6) is 0 Å². The van der Waals surface area contributed by atoms with Crippen molar-refractivity contribution in [1.29, 1.82) is 0 Å². The molecule has 1 aromatic carbocycles. The van der Waals surface area contributed by atoms with Gasteiger partial charge in [-0.15, -0.1) is 11.3 Å². The summed E-state index contributed by atoms with van der Waals surface area (Å²) in [6, 6.07) is 5.76. The number of carbonyl (C=O) groups is 1. The van der Waals surface area contributed by atoms with E-state index >= 15 is 0 Å². The van der Waals surface area contributed by atoms with E-state index in [9.17, 15) is 17.4 Å². The Morgan fingerprint density at radius 3 is 2.43 bits per heavy atom. The van der Waals surface area contributed by atoms with Gasteiger partial charge < -0.3 is 5.11 Å². The van der Waals surface area contributed by atoms with Crippen molar-refractivity contribution >= 4 is 37.9 Å². The third-order valence-electron chi connectivity index (χ3n) is 2.53. The lowest BCUT2D eigenvalue weighted by Crippen LogP contribution is -2.01. The molecule has 0 aliphatic heterocycles. The summed E-state index contributed by atoms with van der Waals surface area (Å²) >= 11 is 0.976. The molecular formula is C12H11NO5S3. The van der Waals surface area contributed by atoms with E-state index in [0.717, 1.165) is 17.6 Å². The molecule has 0 radical (unpaired) electrons. The molecular weight excluding hydrogens is 334 g/mol. The minimum absolute atomic E-state index is 0.0468. The highest BCUT2D eigenvalue weighted by Gasteiger charge is 2.13. The average Bonchev–Trinajstić information content (AvgIpc) is 2.86. The first-order chi connectivity index (χ1) is 9.77. The molecule has 0 fully saturated rings. The monoisotopic (exact) mass is 345 g/mol. The van der Waals surface area contributed by atoms with Gasteiger partial charge in [0.2, 0.25) is 5.01 Å². The van der Waals surface area contributed by atoms with Crippen LogP contribution in [0, 0.1) is 0 Å². The third-order valence-corrected chi connectivity index (χ3v) is 5.89. The Morgan fingerprint density at radius 2 is 1.95 bits per heavy atom. The van der Waals surface area contributed by atoms with Gasteiger partial charge in [-0.25, -0.2) is 18.2 Å². The van der Waals surface area contributed by atoms with E-state index in [4.69, 9.17) is 5.11 Å². The van der Waals surface area contributed by atoms with Crippen molar-refractivity contribution in [2.24, 2.45) is 0 Å². The fourth-order valence-electron chi connectivity index (χ4n) is 1.53. The van der Waals surface area contributed by atoms with Crippen molar-refractivity contribution in [2.45, 2.75) is 15.5 Å². The van der Waals surface area contributed by atoms with Crippen molar-refractivity contribution in [3.63, 3.8) is 0 Å². The maximum atomic E-state index is 12.1. The molecule has 6 nitrogen and oxygen atoms in total. The van der Waals surface area contributed by atoms with Crippen molar-refractivity contribution in [2.75, 3.05) is 6.26 Å². The van der Waals surface area contributed by atoms with E-state index in [-0.39, 0.29) is 15.7 Å². The first kappa shape index (κ1) is 15.8. The normalized spacial score (nSPS) is 13.0. The first-order valence-electron chi connectivity index (χ1n) is 5.63. The molecule has 112 valence electrons. The zero-order valence-electron chi connectivity index (χ0n) is 10.8. The van der Waals surface area contributed by atoms with Crippen LogP contribution in [-0.4, -0.2) is 34.9 Å². The average molecular weight is 345 g/mol. The molecule has 0 aliphatic rings. The zero-order valence-corrected chi connectivity index (χ0v) is 13.3. The second kappa shape index (κ2) is 6.04. The molecule has 1 heterocycles. The molecule has 21 heavy (non-hydrogen) atoms. The molecule has 0 aliphatic carbocycles. The van der Waals surface area contributed by atoms with Gasteiger partial charge in [0.15, 0.2) is 9.84 Å². The number of nitrogens with zero attached hydrogens (tertiary/aromatic N) is 1. The topological polar surface area (TPSA) is 101 Å². The van der Waals surface area contributed by atoms with Crippen molar-refractivity contribution in [1.82, 2.24) is 4.98 Å². The highest BCUT2D eigenvalue weighted by Crippen LogP contribution is 2.17. The van der Waals surface area contributed by atoms with Crippen LogP contribution in [0.25, 0.3) is 0 Å². The van der Waals surface area contributed by atoms with Gasteiger partial charge >= 0.3 is 5.97 Å². The van der Waals surface area contributed by atoms with E-state index in [0.29, 0.717) is 10.6 Å². The van der Waals surface area contributed by atoms with Crippen LogP contribution in [0.3, 0.4) is 0 Å². The van der Waals surface area contributed by atoms with Gasteiger partial charge in [-0.05, 0) is 24.3 Å². The van der Waals surface area contributed by atoms with Crippen LogP contribution in [0.15, 0.2) is 39.4 Å². The zero-order chi connectivity index (χ0) is 15.6. The second-order valence-corrected chi connectivity index (χ2v) is 8.51. The Hall–Kier alpha value is -1.58. The Labute approximate surface area is 127 Å². The van der Waals surface area contributed by atoms with Crippen LogP contribution >= 0.6 is 11.3 Å². The van der Waals surface area contributed by atoms with Crippen molar-refractivity contribution in [3.05, 3.63) is 40.3 Å². The molecule has 0 saturated heterocycles. The maximum absolute atomic E-state index is 12.1. The molecule has 0 amide bonds. The van der Waals surface area contributed by atoms with Crippen molar-refractivity contribution in [3.8, 4) is 0 Å². The minimum atomic E-state index is -3.29. The number of hydrogen-bond acceptors (Lipinski definition) is 6. The SMILES string of the molecule is CS(=O)(=O)c1ccc(S(=O)Cc2csc(C(=O)O)n2)cc1. The molecule has 1 aromatic heterocycles. The van der Waals surface area contributed by atoms with Crippen LogP contribution in [-0.2, 0) is 26.4 Å². The quantitative estimate of drug-likeness (QED) is 0.882. The summed E-state index contributed by atoms with van der Waals surface area (Å²) in [5, 5.41) is 10.3. The standard InChI is InChI=1S/C12H11NO5S3/c1-21(17,18)10-4-2-9(3-5-10)20(16)7-8-6-19-11(13-8)12(14)15/h2-6H,7H2,1H3,(H,14,15). The lowest BCUT2D eigenvalue weighted by Gasteiger charge is -2.02. The summed E-state index contributed by atoms with van der Waals surface area (Å²) in [5.41, 5.74) is 0.433. The summed E-state index contributed by atoms with van der Waals surface area (Å²) in [5.74, 6) is -1.03. The lowest BCUT2D eigenvalue weighted by atomic mass is 10.4. The largest absolute Gasteiger partial charge is 0.476 e. The van der Waals surface area contributed by atoms with E-state index in [2.05, 4.69) is 4.98 Å². The number of benzene rings is 1. The van der Waals surface area contributed by atoms with Crippen LogP contribution in [0.1, 0.15) is 15.5 Å². The molecule has 1 unspecified atom stereocenters. The van der Waals surface area contributed by atoms with E-state index in [1.54, 1.807) is 5.38 Å². The van der Waals surface area contributed by atoms with E-state index < -0.39 is 26.6 Å². The second-order valence-electron chi connectivity index (χ2n) is 4.18. The number of carboxylic acid groups (broad SMARTS) is 1. The highest BCUT2D eigenvalue weighted by atomic mass is 32.2. The minimum Gasteiger partial charge on any atom is -0.476 e. The third kappa shape index (κ3) is 3.96. The molecule has 0 bridgehead atoms. The fourth-order valence-corrected chi connectivity index (χ4v) is 3.94. The number of aromatic carboxylic acids is 1. The lowest BCUT2D eigenvalue weighted by molar-refractivity contribution is 0.0696. The molecule has 0 saturated carbocycles. The van der Waals surface area contributed by atoms with Crippen LogP contribution in [0.4, 0.5) is 0 Å². The number of hydrogen-bond donors (Lipinski definition) is 1. The van der Waals surface area contributed by atoms with Gasteiger partial charge in [-0.2, -0.15) is 0 Å². The van der Waals surface area contributed by atoms with Gasteiger partial charge in [0.1, 0.15) is 0 Å². The molecule has 2 aromatic rings. The Kier molecular flexibility index (Phi) is 4.55. The fraction of sp³-hybridized carbons (Fsp3) is 0.167. The van der Waals surface area contributed by atoms with Gasteiger partial charge in [-0.3, -0.25) is 4.21 Å². The number of thiazole rings is 1. The predicted molar refractivity (Wildman–Crippen MR) is 78.7 cm³/mol. The summed E-state index contributed by atoms with van der Waals surface area (Å²) in [6.07, 6.45) is 1.10. The van der Waals surface area contributed by atoms with Crippen LogP contribution in [0.2, 0.25) is 0 Å². The van der Waals surface area contributed by atoms with Gasteiger partial charge in [-0.1, -0.05) is 0 Å². The van der Waals surface area contributed by atoms with E-state index in [1.807, 2.05) is 0 Å². The first-order valence-corrected chi connectivity index (χ1v) is 9.72. The summed E-state index contributed by atoms with van der Waals surface area (Å²) in [4.78, 5) is 15.2. The summed E-state index contributed by atoms with van der Waals surface area (Å²) in [7, 11) is -4.70. The van der Waals surface area contributed by atoms with Crippen LogP contribution < -0.4 is 0 Å². The van der Waals surface area contributed by atoms with Crippen molar-refractivity contribution < 1.29 is 22.5 Å². The predicted octanol–water partition coefficient (Wildman–Crippen LogP) is 1.55. The van der Waals surface area contributed by atoms with Gasteiger partial charge in [0, 0.05) is 16.5 Å². The summed E-state index contributed by atoms with van der Waals surface area (Å²) < 4.78 is 34.8. The Morgan fingerprint density at radius 1 is 1.33 bits per heavy atom. The maximum Gasteiger partial charge on any atom is 0.365 e. The smallest absolute Gasteiger partial charge is 0.365 e. The number of sulfone groups is 1. The number of rotatable bonds is 5.